The summed E-state index contributed by atoms with van der Waals surface area (Å²) in [6.07, 6.45) is 13.6. The van der Waals surface area contributed by atoms with E-state index in [9.17, 15) is 9.59 Å². The molecule has 0 atom stereocenters. The lowest BCUT2D eigenvalue weighted by Gasteiger charge is -2.55. The molecule has 156 valence electrons. The molecule has 4 bridgehead atoms. The number of carbonyl (C=O) groups excluding carboxylic acids is 2. The van der Waals surface area contributed by atoms with Gasteiger partial charge in [0.1, 0.15) is 0 Å². The van der Waals surface area contributed by atoms with Gasteiger partial charge in [0.15, 0.2) is 12.4 Å². The van der Waals surface area contributed by atoms with Crippen LogP contribution >= 0.6 is 0 Å². The highest BCUT2D eigenvalue weighted by molar-refractivity contribution is 5.91. The van der Waals surface area contributed by atoms with E-state index in [0.717, 1.165) is 24.8 Å². The highest BCUT2D eigenvalue weighted by atomic mass is 16.5. The van der Waals surface area contributed by atoms with Gasteiger partial charge in [-0.15, -0.1) is 0 Å². The molecule has 0 aliphatic heterocycles. The van der Waals surface area contributed by atoms with E-state index in [1.807, 2.05) is 29.1 Å². The van der Waals surface area contributed by atoms with Gasteiger partial charge in [0, 0.05) is 23.3 Å². The molecular weight excluding hydrogens is 376 g/mol. The quantitative estimate of drug-likeness (QED) is 0.511. The van der Waals surface area contributed by atoms with Gasteiger partial charge >= 0.3 is 5.97 Å². The lowest BCUT2D eigenvalue weighted by molar-refractivity contribution is -0.155. The van der Waals surface area contributed by atoms with Crippen molar-refractivity contribution in [3.63, 3.8) is 0 Å². The first-order valence-electron chi connectivity index (χ1n) is 11.0. The number of aromatic nitrogens is 2. The first kappa shape index (κ1) is 19.3. The summed E-state index contributed by atoms with van der Waals surface area (Å²) in [4.78, 5) is 25.1. The maximum absolute atomic E-state index is 12.9. The summed E-state index contributed by atoms with van der Waals surface area (Å²) in [5, 5.41) is 4.33. The molecule has 0 saturated heterocycles. The molecule has 5 heteroatoms. The topological polar surface area (TPSA) is 61.2 Å². The minimum atomic E-state index is -0.469. The van der Waals surface area contributed by atoms with E-state index < -0.39 is 5.97 Å². The van der Waals surface area contributed by atoms with Crippen molar-refractivity contribution in [3.05, 3.63) is 59.9 Å². The molecule has 4 aliphatic carbocycles. The van der Waals surface area contributed by atoms with Gasteiger partial charge in [-0.1, -0.05) is 30.3 Å². The van der Waals surface area contributed by atoms with Crippen LogP contribution in [0, 0.1) is 23.2 Å². The van der Waals surface area contributed by atoms with Crippen LogP contribution in [0.25, 0.3) is 6.08 Å². The molecule has 0 N–H and O–H groups in total. The standard InChI is InChI=1S/C25H28N2O3/c28-23(25-11-20-8-21(12-25)10-22(9-20)13-25)17-30-24(29)7-6-19-14-26-27(16-19)15-18-4-2-1-3-5-18/h1-7,14,16,20-22H,8-13,15,17H2/b7-6+. The molecule has 6 rings (SSSR count). The summed E-state index contributed by atoms with van der Waals surface area (Å²) >= 11 is 0. The molecule has 4 fully saturated rings. The molecule has 1 aromatic carbocycles. The Balaban J connectivity index is 1.13. The number of ether oxygens (including phenoxy) is 1. The van der Waals surface area contributed by atoms with Gasteiger partial charge in [-0.3, -0.25) is 9.48 Å². The van der Waals surface area contributed by atoms with Gasteiger partial charge in [-0.2, -0.15) is 5.10 Å². The number of benzene rings is 1. The van der Waals surface area contributed by atoms with E-state index in [0.29, 0.717) is 24.3 Å². The van der Waals surface area contributed by atoms with Crippen molar-refractivity contribution in [2.45, 2.75) is 45.1 Å². The van der Waals surface area contributed by atoms with Gasteiger partial charge in [0.25, 0.3) is 0 Å². The van der Waals surface area contributed by atoms with Gasteiger partial charge in [0.05, 0.1) is 12.7 Å². The number of rotatable bonds is 7. The van der Waals surface area contributed by atoms with Gasteiger partial charge in [-0.25, -0.2) is 4.79 Å². The van der Waals surface area contributed by atoms with E-state index in [2.05, 4.69) is 17.2 Å². The van der Waals surface area contributed by atoms with Crippen LogP contribution in [0.4, 0.5) is 0 Å². The Morgan fingerprint density at radius 1 is 1.07 bits per heavy atom. The Morgan fingerprint density at radius 2 is 1.73 bits per heavy atom. The van der Waals surface area contributed by atoms with E-state index >= 15 is 0 Å². The molecule has 0 amide bonds. The maximum Gasteiger partial charge on any atom is 0.331 e. The van der Waals surface area contributed by atoms with Crippen molar-refractivity contribution >= 4 is 17.8 Å². The lowest BCUT2D eigenvalue weighted by Crippen LogP contribution is -2.51. The largest absolute Gasteiger partial charge is 0.455 e. The van der Waals surface area contributed by atoms with Gasteiger partial charge in [-0.05, 0) is 67.9 Å². The molecule has 1 aromatic heterocycles. The second-order valence-corrected chi connectivity index (χ2v) is 9.52. The highest BCUT2D eigenvalue weighted by Crippen LogP contribution is 2.60. The molecule has 4 saturated carbocycles. The van der Waals surface area contributed by atoms with Crippen LogP contribution in [0.2, 0.25) is 0 Å². The van der Waals surface area contributed by atoms with Crippen LogP contribution in [0.15, 0.2) is 48.8 Å². The number of carbonyl (C=O) groups is 2. The SMILES string of the molecule is O=C(/C=C/c1cnn(Cc2ccccc2)c1)OCC(=O)C12CC3CC(CC(C3)C1)C2. The van der Waals surface area contributed by atoms with Gasteiger partial charge in [0.2, 0.25) is 0 Å². The minimum Gasteiger partial charge on any atom is -0.455 e. The molecule has 1 heterocycles. The lowest BCUT2D eigenvalue weighted by atomic mass is 9.48. The van der Waals surface area contributed by atoms with Gasteiger partial charge < -0.3 is 4.74 Å². The third kappa shape index (κ3) is 3.98. The Morgan fingerprint density at radius 3 is 2.40 bits per heavy atom. The monoisotopic (exact) mass is 404 g/mol. The average molecular weight is 405 g/mol. The number of hydrogen-bond acceptors (Lipinski definition) is 4. The van der Waals surface area contributed by atoms with E-state index in [1.54, 1.807) is 12.3 Å². The highest BCUT2D eigenvalue weighted by Gasteiger charge is 2.54. The smallest absolute Gasteiger partial charge is 0.331 e. The van der Waals surface area contributed by atoms with Crippen molar-refractivity contribution in [3.8, 4) is 0 Å². The molecule has 0 unspecified atom stereocenters. The van der Waals surface area contributed by atoms with Crippen molar-refractivity contribution < 1.29 is 14.3 Å². The Bertz CT molecular complexity index is 924. The molecule has 0 radical (unpaired) electrons. The zero-order valence-corrected chi connectivity index (χ0v) is 17.2. The zero-order valence-electron chi connectivity index (χ0n) is 17.2. The predicted molar refractivity (Wildman–Crippen MR) is 113 cm³/mol. The van der Waals surface area contributed by atoms with Crippen LogP contribution in [0.5, 0.6) is 0 Å². The van der Waals surface area contributed by atoms with Crippen molar-refractivity contribution in [1.82, 2.24) is 9.78 Å². The zero-order chi connectivity index (χ0) is 20.6. The Kier molecular flexibility index (Phi) is 5.05. The van der Waals surface area contributed by atoms with Crippen LogP contribution < -0.4 is 0 Å². The molecular formula is C25H28N2O3. The van der Waals surface area contributed by atoms with E-state index in [4.69, 9.17) is 4.74 Å². The number of Topliss-reactive ketones (excluding diaryl/α,β-unsaturated/α-hetero) is 1. The molecule has 30 heavy (non-hydrogen) atoms. The molecule has 4 aliphatic rings. The fourth-order valence-corrected chi connectivity index (χ4v) is 6.28. The Hall–Kier alpha value is -2.69. The fourth-order valence-electron chi connectivity index (χ4n) is 6.28. The summed E-state index contributed by atoms with van der Waals surface area (Å²) < 4.78 is 7.15. The minimum absolute atomic E-state index is 0.0946. The van der Waals surface area contributed by atoms with E-state index in [1.165, 1.54) is 30.9 Å². The van der Waals surface area contributed by atoms with Crippen LogP contribution in [0.3, 0.4) is 0 Å². The van der Waals surface area contributed by atoms with Crippen LogP contribution in [0.1, 0.15) is 49.7 Å². The van der Waals surface area contributed by atoms with Crippen molar-refractivity contribution in [1.29, 1.82) is 0 Å². The maximum atomic E-state index is 12.9. The second kappa shape index (κ2) is 7.86. The number of nitrogens with zero attached hydrogens (tertiary/aromatic N) is 2. The second-order valence-electron chi connectivity index (χ2n) is 9.52. The average Bonchev–Trinajstić information content (AvgIpc) is 3.17. The molecule has 5 nitrogen and oxygen atoms in total. The number of esters is 1. The summed E-state index contributed by atoms with van der Waals surface area (Å²) in [6, 6.07) is 10.1. The Labute approximate surface area is 177 Å². The number of ketones is 1. The molecule has 0 spiro atoms. The first-order valence-corrected chi connectivity index (χ1v) is 11.0. The number of hydrogen-bond donors (Lipinski definition) is 0. The normalized spacial score (nSPS) is 29.4. The summed E-state index contributed by atoms with van der Waals surface area (Å²) in [5.74, 6) is 1.80. The summed E-state index contributed by atoms with van der Waals surface area (Å²) in [7, 11) is 0. The first-order chi connectivity index (χ1) is 14.6. The third-order valence-electron chi connectivity index (χ3n) is 7.23. The van der Waals surface area contributed by atoms with Crippen molar-refractivity contribution in [2.24, 2.45) is 23.2 Å². The van der Waals surface area contributed by atoms with Crippen LogP contribution in [-0.2, 0) is 20.9 Å². The van der Waals surface area contributed by atoms with Crippen molar-refractivity contribution in [2.75, 3.05) is 6.61 Å². The molecule has 2 aromatic rings. The third-order valence-corrected chi connectivity index (χ3v) is 7.23. The summed E-state index contributed by atoms with van der Waals surface area (Å²) in [6.45, 7) is 0.585. The fraction of sp³-hybridized carbons (Fsp3) is 0.480. The predicted octanol–water partition coefficient (Wildman–Crippen LogP) is 4.27. The van der Waals surface area contributed by atoms with E-state index in [-0.39, 0.29) is 17.8 Å². The summed E-state index contributed by atoms with van der Waals surface area (Å²) in [5.41, 5.74) is 1.78. The van der Waals surface area contributed by atoms with Crippen LogP contribution in [-0.4, -0.2) is 28.1 Å².